The maximum absolute atomic E-state index is 10.9. The molecule has 2 aromatic heterocycles. The first kappa shape index (κ1) is 20.9. The Bertz CT molecular complexity index is 1060. The molecule has 0 aliphatic carbocycles. The van der Waals surface area contributed by atoms with Crippen LogP contribution in [-0.4, -0.2) is 31.2 Å². The third-order valence-electron chi connectivity index (χ3n) is 4.64. The number of pyridine rings is 1. The fourth-order valence-electron chi connectivity index (χ4n) is 3.08. The van der Waals surface area contributed by atoms with Crippen molar-refractivity contribution in [3.05, 3.63) is 58.1 Å². The topological polar surface area (TPSA) is 79.1 Å². The summed E-state index contributed by atoms with van der Waals surface area (Å²) < 4.78 is 1.97. The first-order valence-electron chi connectivity index (χ1n) is 9.48. The lowest BCUT2D eigenvalue weighted by Gasteiger charge is -2.27. The molecule has 0 saturated heterocycles. The van der Waals surface area contributed by atoms with Gasteiger partial charge in [0.05, 0.1) is 6.21 Å². The minimum atomic E-state index is -0.208. The zero-order valence-electron chi connectivity index (χ0n) is 17.7. The molecule has 0 saturated carbocycles. The predicted octanol–water partition coefficient (Wildman–Crippen LogP) is 5.19. The van der Waals surface area contributed by atoms with Crippen LogP contribution >= 0.6 is 12.2 Å². The Kier molecular flexibility index (Phi) is 5.45. The van der Waals surface area contributed by atoms with E-state index in [1.807, 2.05) is 24.3 Å². The van der Waals surface area contributed by atoms with Gasteiger partial charge in [-0.1, -0.05) is 41.5 Å². The lowest BCUT2D eigenvalue weighted by Crippen LogP contribution is -2.18. The van der Waals surface area contributed by atoms with Crippen molar-refractivity contribution in [2.75, 3.05) is 0 Å². The van der Waals surface area contributed by atoms with Crippen LogP contribution in [0.4, 0.5) is 0 Å². The first-order valence-corrected chi connectivity index (χ1v) is 9.89. The Morgan fingerprint density at radius 3 is 2.24 bits per heavy atom. The second-order valence-electron chi connectivity index (χ2n) is 9.12. The number of aromatic amines is 1. The van der Waals surface area contributed by atoms with Crippen molar-refractivity contribution in [2.24, 2.45) is 5.10 Å². The first-order chi connectivity index (χ1) is 13.5. The molecule has 0 radical (unpaired) electrons. The van der Waals surface area contributed by atoms with E-state index in [0.29, 0.717) is 16.3 Å². The Balaban J connectivity index is 2.11. The number of rotatable bonds is 3. The molecule has 0 fully saturated rings. The van der Waals surface area contributed by atoms with Gasteiger partial charge in [0.25, 0.3) is 0 Å². The van der Waals surface area contributed by atoms with Crippen molar-refractivity contribution in [2.45, 2.75) is 52.4 Å². The maximum Gasteiger partial charge on any atom is 0.216 e. The molecule has 7 heteroatoms. The lowest BCUT2D eigenvalue weighted by atomic mass is 9.78. The number of nitrogens with one attached hydrogen (secondary N) is 1. The van der Waals surface area contributed by atoms with E-state index in [-0.39, 0.29) is 10.8 Å². The molecule has 2 heterocycles. The summed E-state index contributed by atoms with van der Waals surface area (Å²) in [4.78, 5) is 4.14. The van der Waals surface area contributed by atoms with Crippen LogP contribution in [0, 0.1) is 4.77 Å². The van der Waals surface area contributed by atoms with Gasteiger partial charge in [0.15, 0.2) is 5.82 Å². The number of nitrogens with zero attached hydrogens (tertiary/aromatic N) is 4. The van der Waals surface area contributed by atoms with E-state index in [1.54, 1.807) is 23.3 Å². The third-order valence-corrected chi connectivity index (χ3v) is 4.90. The monoisotopic (exact) mass is 409 g/mol. The van der Waals surface area contributed by atoms with E-state index in [1.165, 1.54) is 0 Å². The molecule has 152 valence electrons. The normalized spacial score (nSPS) is 12.6. The third kappa shape index (κ3) is 4.45. The molecule has 0 aliphatic heterocycles. The molecule has 3 rings (SSSR count). The second-order valence-corrected chi connectivity index (χ2v) is 9.50. The van der Waals surface area contributed by atoms with Crippen LogP contribution in [0.25, 0.3) is 11.4 Å². The van der Waals surface area contributed by atoms with Gasteiger partial charge in [-0.3, -0.25) is 4.98 Å². The van der Waals surface area contributed by atoms with Crippen LogP contribution in [0.2, 0.25) is 0 Å². The average Bonchev–Trinajstić information content (AvgIpc) is 3.00. The summed E-state index contributed by atoms with van der Waals surface area (Å²) >= 11 is 5.35. The number of phenols is 1. The summed E-state index contributed by atoms with van der Waals surface area (Å²) in [5, 5.41) is 22.5. The van der Waals surface area contributed by atoms with Crippen molar-refractivity contribution in [3.63, 3.8) is 0 Å². The van der Waals surface area contributed by atoms with Crippen LogP contribution in [0.15, 0.2) is 41.8 Å². The molecular formula is C22H27N5OS. The summed E-state index contributed by atoms with van der Waals surface area (Å²) in [6.07, 6.45) is 5.17. The molecule has 0 spiro atoms. The number of hydrogen-bond acceptors (Lipinski definition) is 5. The van der Waals surface area contributed by atoms with Crippen molar-refractivity contribution in [3.8, 4) is 17.1 Å². The largest absolute Gasteiger partial charge is 0.507 e. The van der Waals surface area contributed by atoms with E-state index in [0.717, 1.165) is 22.3 Å². The van der Waals surface area contributed by atoms with Gasteiger partial charge in [0.2, 0.25) is 4.77 Å². The van der Waals surface area contributed by atoms with Crippen molar-refractivity contribution >= 4 is 18.4 Å². The zero-order chi connectivity index (χ0) is 21.4. The van der Waals surface area contributed by atoms with Gasteiger partial charge in [-0.2, -0.15) is 14.9 Å². The fourth-order valence-corrected chi connectivity index (χ4v) is 3.26. The van der Waals surface area contributed by atoms with Gasteiger partial charge in [0.1, 0.15) is 5.75 Å². The number of phenolic OH excluding ortho intramolecular Hbond substituents is 1. The SMILES string of the molecule is CC(C)(C)c1cc(/C=N/n2c(-c3cccnc3)n[nH]c2=S)cc(C(C)(C)C)c1O. The van der Waals surface area contributed by atoms with Crippen LogP contribution < -0.4 is 0 Å². The summed E-state index contributed by atoms with van der Waals surface area (Å²) in [6.45, 7) is 12.5. The lowest BCUT2D eigenvalue weighted by molar-refractivity contribution is 0.423. The average molecular weight is 410 g/mol. The number of benzene rings is 1. The quantitative estimate of drug-likeness (QED) is 0.461. The molecule has 0 atom stereocenters. The highest BCUT2D eigenvalue weighted by molar-refractivity contribution is 7.71. The Morgan fingerprint density at radius 1 is 1.10 bits per heavy atom. The molecule has 0 amide bonds. The molecule has 0 unspecified atom stereocenters. The van der Waals surface area contributed by atoms with Gasteiger partial charge in [-0.05, 0) is 52.9 Å². The van der Waals surface area contributed by atoms with Crippen LogP contribution in [-0.2, 0) is 10.8 Å². The van der Waals surface area contributed by atoms with E-state index >= 15 is 0 Å². The fraction of sp³-hybridized carbons (Fsp3) is 0.364. The van der Waals surface area contributed by atoms with Crippen LogP contribution in [0.3, 0.4) is 0 Å². The smallest absolute Gasteiger partial charge is 0.216 e. The van der Waals surface area contributed by atoms with E-state index < -0.39 is 0 Å². The van der Waals surface area contributed by atoms with Gasteiger partial charge in [-0.15, -0.1) is 0 Å². The number of aromatic nitrogens is 4. The molecule has 3 aromatic rings. The highest BCUT2D eigenvalue weighted by atomic mass is 32.1. The molecule has 1 aromatic carbocycles. The van der Waals surface area contributed by atoms with E-state index in [2.05, 4.69) is 61.8 Å². The number of H-pyrrole nitrogens is 1. The van der Waals surface area contributed by atoms with Gasteiger partial charge in [0, 0.05) is 29.1 Å². The zero-order valence-corrected chi connectivity index (χ0v) is 18.5. The Morgan fingerprint density at radius 2 is 1.72 bits per heavy atom. The summed E-state index contributed by atoms with van der Waals surface area (Å²) in [5.74, 6) is 0.934. The predicted molar refractivity (Wildman–Crippen MR) is 119 cm³/mol. The van der Waals surface area contributed by atoms with Crippen LogP contribution in [0.1, 0.15) is 58.2 Å². The van der Waals surface area contributed by atoms with Gasteiger partial charge in [-0.25, -0.2) is 5.10 Å². The van der Waals surface area contributed by atoms with Crippen molar-refractivity contribution in [1.82, 2.24) is 19.9 Å². The standard InChI is InChI=1S/C22H27N5OS/c1-21(2,3)16-10-14(11-17(18(16)28)22(4,5)6)12-24-27-19(25-26-20(27)29)15-8-7-9-23-13-15/h7-13,28H,1-6H3,(H,26,29)/b24-12+. The highest BCUT2D eigenvalue weighted by Gasteiger charge is 2.26. The Hall–Kier alpha value is -2.80. The minimum Gasteiger partial charge on any atom is -0.507 e. The highest BCUT2D eigenvalue weighted by Crippen LogP contribution is 2.39. The molecular weight excluding hydrogens is 382 g/mol. The maximum atomic E-state index is 10.9. The molecule has 6 nitrogen and oxygen atoms in total. The van der Waals surface area contributed by atoms with Crippen LogP contribution in [0.5, 0.6) is 5.75 Å². The summed E-state index contributed by atoms with van der Waals surface area (Å²) in [5.41, 5.74) is 3.05. The van der Waals surface area contributed by atoms with Gasteiger partial charge < -0.3 is 5.11 Å². The van der Waals surface area contributed by atoms with Gasteiger partial charge >= 0.3 is 0 Å². The number of aromatic hydroxyl groups is 1. The number of hydrogen-bond donors (Lipinski definition) is 2. The second kappa shape index (κ2) is 7.55. The summed E-state index contributed by atoms with van der Waals surface area (Å²) in [7, 11) is 0. The molecule has 0 aliphatic rings. The Labute approximate surface area is 176 Å². The summed E-state index contributed by atoms with van der Waals surface area (Å²) in [6, 6.07) is 7.69. The van der Waals surface area contributed by atoms with Crippen molar-refractivity contribution < 1.29 is 5.11 Å². The minimum absolute atomic E-state index is 0.208. The molecule has 0 bridgehead atoms. The molecule has 2 N–H and O–H groups in total. The molecule has 29 heavy (non-hydrogen) atoms. The van der Waals surface area contributed by atoms with E-state index in [9.17, 15) is 5.11 Å². The van der Waals surface area contributed by atoms with E-state index in [4.69, 9.17) is 12.2 Å². The van der Waals surface area contributed by atoms with Crippen molar-refractivity contribution in [1.29, 1.82) is 0 Å².